The fourth-order valence-corrected chi connectivity index (χ4v) is 3.59. The smallest absolute Gasteiger partial charge is 0.340 e. The number of hydrogen-bond acceptors (Lipinski definition) is 6. The molecule has 0 saturated carbocycles. The Balaban J connectivity index is 1.71. The fourth-order valence-electron chi connectivity index (χ4n) is 3.59. The van der Waals surface area contributed by atoms with Crippen LogP contribution in [0.1, 0.15) is 49.3 Å². The number of amides is 1. The largest absolute Gasteiger partial charge is 0.497 e. The van der Waals surface area contributed by atoms with Crippen LogP contribution in [0.5, 0.6) is 5.75 Å². The highest BCUT2D eigenvalue weighted by atomic mass is 16.5. The van der Waals surface area contributed by atoms with E-state index >= 15 is 0 Å². The van der Waals surface area contributed by atoms with Gasteiger partial charge in [-0.3, -0.25) is 14.6 Å². The van der Waals surface area contributed by atoms with Gasteiger partial charge in [0.15, 0.2) is 5.78 Å². The average molecular weight is 457 g/mol. The number of pyridine rings is 2. The Morgan fingerprint density at radius 3 is 2.59 bits per heavy atom. The molecule has 3 aromatic heterocycles. The average Bonchev–Trinajstić information content (AvgIpc) is 3.27. The van der Waals surface area contributed by atoms with E-state index in [-0.39, 0.29) is 36.1 Å². The zero-order chi connectivity index (χ0) is 24.1. The first kappa shape index (κ1) is 22.7. The van der Waals surface area contributed by atoms with Crippen LogP contribution in [0, 0.1) is 0 Å². The van der Waals surface area contributed by atoms with Crippen LogP contribution in [0.15, 0.2) is 73.2 Å². The van der Waals surface area contributed by atoms with Gasteiger partial charge in [-0.05, 0) is 48.9 Å². The molecule has 0 bridgehead atoms. The SMILES string of the molecule is CCOC(=O)c1cc(C(=O)NCc2cccnc2)n2ccc(C(=O)c3cccc(OC)c3)cc12. The topological polar surface area (TPSA) is 99.0 Å². The molecule has 34 heavy (non-hydrogen) atoms. The molecule has 4 aromatic rings. The van der Waals surface area contributed by atoms with Gasteiger partial charge in [0.1, 0.15) is 11.4 Å². The van der Waals surface area contributed by atoms with Crippen molar-refractivity contribution in [2.75, 3.05) is 13.7 Å². The van der Waals surface area contributed by atoms with Gasteiger partial charge >= 0.3 is 5.97 Å². The number of carbonyl (C=O) groups is 3. The molecule has 0 saturated heterocycles. The summed E-state index contributed by atoms with van der Waals surface area (Å²) in [6.45, 7) is 2.16. The highest BCUT2D eigenvalue weighted by molar-refractivity contribution is 6.11. The van der Waals surface area contributed by atoms with Crippen molar-refractivity contribution >= 4 is 23.2 Å². The van der Waals surface area contributed by atoms with Crippen LogP contribution in [0.3, 0.4) is 0 Å². The highest BCUT2D eigenvalue weighted by Crippen LogP contribution is 2.23. The van der Waals surface area contributed by atoms with E-state index in [1.54, 1.807) is 72.4 Å². The molecule has 0 aliphatic rings. The van der Waals surface area contributed by atoms with E-state index < -0.39 is 5.97 Å². The lowest BCUT2D eigenvalue weighted by Gasteiger charge is -2.08. The molecule has 172 valence electrons. The van der Waals surface area contributed by atoms with Crippen molar-refractivity contribution < 1.29 is 23.9 Å². The third-order valence-electron chi connectivity index (χ3n) is 5.27. The Hall–Kier alpha value is -4.46. The maximum Gasteiger partial charge on any atom is 0.340 e. The minimum Gasteiger partial charge on any atom is -0.497 e. The van der Waals surface area contributed by atoms with Gasteiger partial charge in [-0.25, -0.2) is 4.79 Å². The lowest BCUT2D eigenvalue weighted by Crippen LogP contribution is -2.24. The second kappa shape index (κ2) is 9.99. The molecule has 1 aromatic carbocycles. The van der Waals surface area contributed by atoms with Gasteiger partial charge in [-0.1, -0.05) is 18.2 Å². The minimum atomic E-state index is -0.572. The van der Waals surface area contributed by atoms with Crippen molar-refractivity contribution in [3.05, 3.63) is 101 Å². The summed E-state index contributed by atoms with van der Waals surface area (Å²) in [5.41, 5.74) is 2.51. The second-order valence-electron chi connectivity index (χ2n) is 7.44. The van der Waals surface area contributed by atoms with Gasteiger partial charge in [0.2, 0.25) is 0 Å². The number of rotatable bonds is 8. The van der Waals surface area contributed by atoms with Crippen LogP contribution in [-0.2, 0) is 11.3 Å². The van der Waals surface area contributed by atoms with Crippen LogP contribution < -0.4 is 10.1 Å². The van der Waals surface area contributed by atoms with Gasteiger partial charge in [0.25, 0.3) is 5.91 Å². The molecule has 8 heteroatoms. The Labute approximate surface area is 196 Å². The molecule has 0 unspecified atom stereocenters. The van der Waals surface area contributed by atoms with Crippen LogP contribution in [0.2, 0.25) is 0 Å². The van der Waals surface area contributed by atoms with Crippen LogP contribution >= 0.6 is 0 Å². The van der Waals surface area contributed by atoms with E-state index in [0.29, 0.717) is 22.4 Å². The number of aromatic nitrogens is 2. The molecule has 0 aliphatic heterocycles. The number of hydrogen-bond donors (Lipinski definition) is 1. The molecule has 1 N–H and O–H groups in total. The van der Waals surface area contributed by atoms with Crippen LogP contribution in [0.4, 0.5) is 0 Å². The first-order chi connectivity index (χ1) is 16.5. The van der Waals surface area contributed by atoms with Crippen molar-refractivity contribution in [2.24, 2.45) is 0 Å². The summed E-state index contributed by atoms with van der Waals surface area (Å²) in [5.74, 6) is -0.618. The number of ether oxygens (including phenoxy) is 2. The van der Waals surface area contributed by atoms with Crippen molar-refractivity contribution in [1.29, 1.82) is 0 Å². The Bertz CT molecular complexity index is 1360. The van der Waals surface area contributed by atoms with Gasteiger partial charge in [-0.15, -0.1) is 0 Å². The summed E-state index contributed by atoms with van der Waals surface area (Å²) in [6, 6.07) is 15.1. The third-order valence-corrected chi connectivity index (χ3v) is 5.27. The fraction of sp³-hybridized carbons (Fsp3) is 0.154. The maximum absolute atomic E-state index is 13.1. The third kappa shape index (κ3) is 4.66. The zero-order valence-electron chi connectivity index (χ0n) is 18.8. The van der Waals surface area contributed by atoms with Crippen molar-refractivity contribution in [2.45, 2.75) is 13.5 Å². The molecule has 0 spiro atoms. The number of benzene rings is 1. The minimum absolute atomic E-state index is 0.182. The number of methoxy groups -OCH3 is 1. The molecule has 4 rings (SSSR count). The van der Waals surface area contributed by atoms with Crippen molar-refractivity contribution in [3.8, 4) is 5.75 Å². The summed E-state index contributed by atoms with van der Waals surface area (Å²) in [6.07, 6.45) is 4.92. The monoisotopic (exact) mass is 457 g/mol. The van der Waals surface area contributed by atoms with Crippen molar-refractivity contribution in [3.63, 3.8) is 0 Å². The van der Waals surface area contributed by atoms with E-state index in [1.165, 1.54) is 13.2 Å². The number of esters is 1. The summed E-state index contributed by atoms with van der Waals surface area (Å²) >= 11 is 0. The van der Waals surface area contributed by atoms with E-state index in [2.05, 4.69) is 10.3 Å². The first-order valence-corrected chi connectivity index (χ1v) is 10.7. The van der Waals surface area contributed by atoms with Crippen LogP contribution in [0.25, 0.3) is 5.52 Å². The summed E-state index contributed by atoms with van der Waals surface area (Å²) < 4.78 is 12.0. The van der Waals surface area contributed by atoms with Gasteiger partial charge in [-0.2, -0.15) is 0 Å². The first-order valence-electron chi connectivity index (χ1n) is 10.7. The number of fused-ring (bicyclic) bond motifs is 1. The van der Waals surface area contributed by atoms with Gasteiger partial charge < -0.3 is 19.2 Å². The quantitative estimate of drug-likeness (QED) is 0.320. The number of nitrogens with one attached hydrogen (secondary N) is 1. The number of ketones is 1. The normalized spacial score (nSPS) is 10.6. The number of carbonyl (C=O) groups excluding carboxylic acids is 3. The van der Waals surface area contributed by atoms with Gasteiger partial charge in [0, 0.05) is 36.3 Å². The highest BCUT2D eigenvalue weighted by Gasteiger charge is 2.22. The molecular formula is C26H23N3O5. The molecule has 0 atom stereocenters. The molecule has 8 nitrogen and oxygen atoms in total. The lowest BCUT2D eigenvalue weighted by atomic mass is 10.0. The van der Waals surface area contributed by atoms with Crippen molar-refractivity contribution in [1.82, 2.24) is 14.7 Å². The van der Waals surface area contributed by atoms with E-state index in [0.717, 1.165) is 5.56 Å². The summed E-state index contributed by atoms with van der Waals surface area (Å²) in [7, 11) is 1.53. The predicted molar refractivity (Wildman–Crippen MR) is 125 cm³/mol. The van der Waals surface area contributed by atoms with E-state index in [9.17, 15) is 14.4 Å². The number of nitrogens with zero attached hydrogens (tertiary/aromatic N) is 2. The molecular weight excluding hydrogens is 434 g/mol. The molecule has 0 fully saturated rings. The van der Waals surface area contributed by atoms with E-state index in [4.69, 9.17) is 9.47 Å². The van der Waals surface area contributed by atoms with Crippen LogP contribution in [-0.4, -0.2) is 40.8 Å². The summed E-state index contributed by atoms with van der Waals surface area (Å²) in [4.78, 5) is 42.7. The Morgan fingerprint density at radius 1 is 1.03 bits per heavy atom. The Morgan fingerprint density at radius 2 is 1.85 bits per heavy atom. The summed E-state index contributed by atoms with van der Waals surface area (Å²) in [5, 5.41) is 2.83. The van der Waals surface area contributed by atoms with E-state index in [1.807, 2.05) is 6.07 Å². The zero-order valence-corrected chi connectivity index (χ0v) is 18.8. The predicted octanol–water partition coefficient (Wildman–Crippen LogP) is 3.68. The molecule has 3 heterocycles. The second-order valence-corrected chi connectivity index (χ2v) is 7.44. The maximum atomic E-state index is 13.1. The molecule has 1 amide bonds. The van der Waals surface area contributed by atoms with Gasteiger partial charge in [0.05, 0.1) is 24.8 Å². The molecule has 0 radical (unpaired) electrons. The molecule has 0 aliphatic carbocycles. The standard InChI is InChI=1S/C26H23N3O5/c1-3-34-26(32)21-14-23(25(31)28-16-17-6-5-10-27-15-17)29-11-9-19(13-22(21)29)24(30)18-7-4-8-20(12-18)33-2/h4-15H,3,16H2,1-2H3,(H,28,31). The Kier molecular flexibility index (Phi) is 6.68. The lowest BCUT2D eigenvalue weighted by molar-refractivity contribution is 0.0528.